The van der Waals surface area contributed by atoms with Crippen LogP contribution in [0, 0.1) is 0 Å². The first-order chi connectivity index (χ1) is 18.3. The van der Waals surface area contributed by atoms with Crippen LogP contribution in [0.3, 0.4) is 0 Å². The highest BCUT2D eigenvalue weighted by molar-refractivity contribution is 4.49. The number of unbranched alkanes of at least 4 members (excludes halogenated alkanes) is 13. The van der Waals surface area contributed by atoms with Gasteiger partial charge in [0.15, 0.2) is 0 Å². The van der Waals surface area contributed by atoms with E-state index in [4.69, 9.17) is 28.4 Å². The average Bonchev–Trinajstić information content (AvgIpc) is 2.89. The standard InChI is InChI=1S/C30H63NO6/c1-4-5-6-7-8-9-10-11-12-13-14-15-16-17-19-32-21-23-34-25-27-36-29-30-37-28-26-35-24-22-33-20-18-31(2)3/h4-30H2,1-3H3. The number of hydrogen-bond donors (Lipinski definition) is 0. The van der Waals surface area contributed by atoms with Crippen molar-refractivity contribution in [1.82, 2.24) is 4.90 Å². The van der Waals surface area contributed by atoms with Crippen LogP contribution in [-0.2, 0) is 28.4 Å². The molecule has 0 heterocycles. The Bertz CT molecular complexity index is 400. The Morgan fingerprint density at radius 3 is 0.919 bits per heavy atom. The molecule has 0 aliphatic heterocycles. The molecular weight excluding hydrogens is 470 g/mol. The third kappa shape index (κ3) is 35.7. The monoisotopic (exact) mass is 533 g/mol. The Hall–Kier alpha value is -0.280. The minimum absolute atomic E-state index is 0.574. The second-order valence-electron chi connectivity index (χ2n) is 10.1. The van der Waals surface area contributed by atoms with Crippen molar-refractivity contribution in [2.45, 2.75) is 96.8 Å². The first-order valence-corrected chi connectivity index (χ1v) is 15.4. The van der Waals surface area contributed by atoms with Crippen LogP contribution in [0.1, 0.15) is 96.8 Å². The summed E-state index contributed by atoms with van der Waals surface area (Å²) < 4.78 is 33.1. The van der Waals surface area contributed by atoms with E-state index in [1.54, 1.807) is 0 Å². The molecule has 0 rings (SSSR count). The van der Waals surface area contributed by atoms with E-state index in [1.165, 1.54) is 83.5 Å². The summed E-state index contributed by atoms with van der Waals surface area (Å²) in [5.41, 5.74) is 0. The van der Waals surface area contributed by atoms with Gasteiger partial charge < -0.3 is 33.3 Å². The highest BCUT2D eigenvalue weighted by Crippen LogP contribution is 2.12. The van der Waals surface area contributed by atoms with E-state index in [0.717, 1.165) is 26.2 Å². The summed E-state index contributed by atoms with van der Waals surface area (Å²) >= 11 is 0. The van der Waals surface area contributed by atoms with E-state index < -0.39 is 0 Å². The summed E-state index contributed by atoms with van der Waals surface area (Å²) in [6, 6.07) is 0. The summed E-state index contributed by atoms with van der Waals surface area (Å²) in [7, 11) is 4.07. The Morgan fingerprint density at radius 1 is 0.324 bits per heavy atom. The molecule has 0 aliphatic carbocycles. The first kappa shape index (κ1) is 36.7. The van der Waals surface area contributed by atoms with Gasteiger partial charge in [0, 0.05) is 13.2 Å². The van der Waals surface area contributed by atoms with Gasteiger partial charge in [-0.05, 0) is 20.5 Å². The van der Waals surface area contributed by atoms with Gasteiger partial charge in [0.1, 0.15) is 0 Å². The van der Waals surface area contributed by atoms with Crippen molar-refractivity contribution in [3.63, 3.8) is 0 Å². The molecule has 0 aromatic rings. The predicted molar refractivity (Wildman–Crippen MR) is 154 cm³/mol. The van der Waals surface area contributed by atoms with Crippen molar-refractivity contribution >= 4 is 0 Å². The number of hydrogen-bond acceptors (Lipinski definition) is 7. The van der Waals surface area contributed by atoms with E-state index in [0.29, 0.717) is 66.1 Å². The fraction of sp³-hybridized carbons (Fsp3) is 1.00. The molecule has 37 heavy (non-hydrogen) atoms. The minimum Gasteiger partial charge on any atom is -0.379 e. The quantitative estimate of drug-likeness (QED) is 0.0941. The van der Waals surface area contributed by atoms with Crippen LogP contribution in [-0.4, -0.2) is 105 Å². The van der Waals surface area contributed by atoms with Gasteiger partial charge in [-0.1, -0.05) is 90.4 Å². The molecule has 0 aromatic heterocycles. The maximum absolute atomic E-state index is 5.66. The normalized spacial score (nSPS) is 11.7. The number of nitrogens with zero attached hydrogens (tertiary/aromatic N) is 1. The Balaban J connectivity index is 3.01. The zero-order chi connectivity index (χ0) is 26.9. The largest absolute Gasteiger partial charge is 0.379 e. The van der Waals surface area contributed by atoms with Gasteiger partial charge in [-0.2, -0.15) is 0 Å². The van der Waals surface area contributed by atoms with Gasteiger partial charge in [0.05, 0.1) is 72.7 Å². The van der Waals surface area contributed by atoms with E-state index in [1.807, 2.05) is 14.1 Å². The molecule has 224 valence electrons. The fourth-order valence-electron chi connectivity index (χ4n) is 3.85. The smallest absolute Gasteiger partial charge is 0.0701 e. The molecule has 0 amide bonds. The highest BCUT2D eigenvalue weighted by Gasteiger charge is 1.96. The topological polar surface area (TPSA) is 58.6 Å². The third-order valence-corrected chi connectivity index (χ3v) is 6.19. The molecule has 0 aliphatic rings. The lowest BCUT2D eigenvalue weighted by Gasteiger charge is -2.10. The van der Waals surface area contributed by atoms with Gasteiger partial charge in [-0.25, -0.2) is 0 Å². The van der Waals surface area contributed by atoms with Crippen LogP contribution in [0.25, 0.3) is 0 Å². The molecule has 7 heteroatoms. The van der Waals surface area contributed by atoms with Gasteiger partial charge in [-0.15, -0.1) is 0 Å². The van der Waals surface area contributed by atoms with Crippen LogP contribution in [0.5, 0.6) is 0 Å². The van der Waals surface area contributed by atoms with Crippen molar-refractivity contribution in [2.75, 3.05) is 99.9 Å². The Morgan fingerprint density at radius 2 is 0.595 bits per heavy atom. The van der Waals surface area contributed by atoms with Crippen LogP contribution in [0.4, 0.5) is 0 Å². The molecule has 7 nitrogen and oxygen atoms in total. The zero-order valence-corrected chi connectivity index (χ0v) is 25.0. The van der Waals surface area contributed by atoms with Crippen LogP contribution in [0.15, 0.2) is 0 Å². The van der Waals surface area contributed by atoms with Gasteiger partial charge in [0.2, 0.25) is 0 Å². The van der Waals surface area contributed by atoms with Crippen molar-refractivity contribution in [1.29, 1.82) is 0 Å². The number of rotatable bonds is 33. The van der Waals surface area contributed by atoms with E-state index >= 15 is 0 Å². The summed E-state index contributed by atoms with van der Waals surface area (Å²) in [5.74, 6) is 0. The molecule has 0 unspecified atom stereocenters. The lowest BCUT2D eigenvalue weighted by molar-refractivity contribution is -0.0172. The Labute approximate surface area is 230 Å². The first-order valence-electron chi connectivity index (χ1n) is 15.4. The van der Waals surface area contributed by atoms with Crippen molar-refractivity contribution in [2.24, 2.45) is 0 Å². The van der Waals surface area contributed by atoms with Crippen LogP contribution >= 0.6 is 0 Å². The molecule has 0 radical (unpaired) electrons. The summed E-state index contributed by atoms with van der Waals surface area (Å²) in [6.45, 7) is 10.8. The van der Waals surface area contributed by atoms with Crippen LogP contribution < -0.4 is 0 Å². The van der Waals surface area contributed by atoms with E-state index in [2.05, 4.69) is 11.8 Å². The second kappa shape index (κ2) is 33.7. The van der Waals surface area contributed by atoms with Crippen molar-refractivity contribution in [3.8, 4) is 0 Å². The van der Waals surface area contributed by atoms with Gasteiger partial charge in [-0.3, -0.25) is 0 Å². The predicted octanol–water partition coefficient (Wildman–Crippen LogP) is 6.13. The maximum atomic E-state index is 5.66. The third-order valence-electron chi connectivity index (χ3n) is 6.19. The molecule has 0 saturated carbocycles. The zero-order valence-electron chi connectivity index (χ0n) is 25.0. The van der Waals surface area contributed by atoms with Crippen molar-refractivity contribution in [3.05, 3.63) is 0 Å². The molecule has 0 atom stereocenters. The fourth-order valence-corrected chi connectivity index (χ4v) is 3.85. The molecule has 0 aromatic carbocycles. The van der Waals surface area contributed by atoms with E-state index in [-0.39, 0.29) is 0 Å². The molecule has 0 saturated heterocycles. The van der Waals surface area contributed by atoms with Crippen LogP contribution in [0.2, 0.25) is 0 Å². The van der Waals surface area contributed by atoms with Crippen molar-refractivity contribution < 1.29 is 28.4 Å². The maximum Gasteiger partial charge on any atom is 0.0701 e. The van der Waals surface area contributed by atoms with Gasteiger partial charge >= 0.3 is 0 Å². The SMILES string of the molecule is CCCCCCCCCCCCCCCCOCCOCCOCCOCCOCCOCCN(C)C. The molecule has 0 N–H and O–H groups in total. The number of likely N-dealkylation sites (N-methyl/N-ethyl adjacent to an activating group) is 1. The molecule has 0 spiro atoms. The molecule has 0 fully saturated rings. The minimum atomic E-state index is 0.574. The average molecular weight is 534 g/mol. The lowest BCUT2D eigenvalue weighted by atomic mass is 10.0. The highest BCUT2D eigenvalue weighted by atomic mass is 16.6. The Kier molecular flexibility index (Phi) is 33.5. The molecular formula is C30H63NO6. The second-order valence-corrected chi connectivity index (χ2v) is 10.1. The summed E-state index contributed by atoms with van der Waals surface area (Å²) in [6.07, 6.45) is 19.4. The number of ether oxygens (including phenoxy) is 6. The summed E-state index contributed by atoms with van der Waals surface area (Å²) in [4.78, 5) is 2.10. The lowest BCUT2D eigenvalue weighted by Crippen LogP contribution is -2.19. The van der Waals surface area contributed by atoms with E-state index in [9.17, 15) is 0 Å². The van der Waals surface area contributed by atoms with Gasteiger partial charge in [0.25, 0.3) is 0 Å². The summed E-state index contributed by atoms with van der Waals surface area (Å²) in [5, 5.41) is 0. The molecule has 0 bridgehead atoms.